The average molecular weight is 216 g/mol. The first-order valence-electron chi connectivity index (χ1n) is 5.94. The Morgan fingerprint density at radius 2 is 2.00 bits per heavy atom. The summed E-state index contributed by atoms with van der Waals surface area (Å²) in [5.41, 5.74) is 4.78. The first-order valence-corrected chi connectivity index (χ1v) is 5.94. The van der Waals surface area contributed by atoms with E-state index in [-0.39, 0.29) is 5.41 Å². The van der Waals surface area contributed by atoms with Crippen LogP contribution in [0.15, 0.2) is 12.3 Å². The molecule has 0 N–H and O–H groups in total. The fourth-order valence-corrected chi connectivity index (χ4v) is 2.21. The number of rotatable bonds is 0. The van der Waals surface area contributed by atoms with Crippen molar-refractivity contribution in [1.29, 1.82) is 0 Å². The summed E-state index contributed by atoms with van der Waals surface area (Å²) < 4.78 is 0. The molecular formula is C14H20N2. The van der Waals surface area contributed by atoms with E-state index in [1.165, 1.54) is 5.57 Å². The quantitative estimate of drug-likeness (QED) is 0.660. The molecule has 1 atom stereocenters. The first-order chi connectivity index (χ1) is 7.39. The highest BCUT2D eigenvalue weighted by Crippen LogP contribution is 2.40. The Kier molecular flexibility index (Phi) is 2.61. The number of aryl methyl sites for hydroxylation is 1. The molecular weight excluding hydrogens is 196 g/mol. The molecule has 1 heterocycles. The van der Waals surface area contributed by atoms with Gasteiger partial charge in [-0.3, -0.25) is 4.98 Å². The van der Waals surface area contributed by atoms with Crippen molar-refractivity contribution in [3.63, 3.8) is 0 Å². The molecule has 0 aliphatic heterocycles. The van der Waals surface area contributed by atoms with Gasteiger partial charge in [0.15, 0.2) is 0 Å². The van der Waals surface area contributed by atoms with Crippen LogP contribution in [-0.2, 0) is 0 Å². The zero-order chi connectivity index (χ0) is 11.9. The number of hydrogen-bond acceptors (Lipinski definition) is 2. The van der Waals surface area contributed by atoms with Crippen LogP contribution in [-0.4, -0.2) is 9.97 Å². The Balaban J connectivity index is 2.59. The first kappa shape index (κ1) is 11.3. The van der Waals surface area contributed by atoms with Crippen LogP contribution < -0.4 is 0 Å². The molecule has 0 spiro atoms. The van der Waals surface area contributed by atoms with Crippen LogP contribution >= 0.6 is 0 Å². The minimum Gasteiger partial charge on any atom is -0.257 e. The molecule has 0 saturated heterocycles. The van der Waals surface area contributed by atoms with Crippen molar-refractivity contribution < 1.29 is 0 Å². The fraction of sp³-hybridized carbons (Fsp3) is 0.571. The van der Waals surface area contributed by atoms with Gasteiger partial charge in [-0.15, -0.1) is 0 Å². The van der Waals surface area contributed by atoms with Gasteiger partial charge in [-0.25, -0.2) is 4.98 Å². The molecule has 0 bridgehead atoms. The van der Waals surface area contributed by atoms with Crippen molar-refractivity contribution in [3.8, 4) is 0 Å². The van der Waals surface area contributed by atoms with E-state index in [1.54, 1.807) is 0 Å². The topological polar surface area (TPSA) is 25.8 Å². The summed E-state index contributed by atoms with van der Waals surface area (Å²) in [5.74, 6) is 0.495. The molecule has 0 saturated carbocycles. The summed E-state index contributed by atoms with van der Waals surface area (Å²) in [5, 5.41) is 0. The Labute approximate surface area is 97.8 Å². The van der Waals surface area contributed by atoms with E-state index in [1.807, 2.05) is 13.1 Å². The highest BCUT2D eigenvalue weighted by atomic mass is 14.8. The molecule has 1 aromatic heterocycles. The third-order valence-corrected chi connectivity index (χ3v) is 3.13. The maximum atomic E-state index is 4.68. The molecule has 1 unspecified atom stereocenters. The van der Waals surface area contributed by atoms with Crippen LogP contribution in [0.4, 0.5) is 0 Å². The predicted octanol–water partition coefficient (Wildman–Crippen LogP) is 3.72. The number of nitrogens with zero attached hydrogens (tertiary/aromatic N) is 2. The van der Waals surface area contributed by atoms with E-state index < -0.39 is 0 Å². The second-order valence-corrected chi connectivity index (χ2v) is 5.75. The van der Waals surface area contributed by atoms with E-state index in [0.717, 1.165) is 23.5 Å². The van der Waals surface area contributed by atoms with Gasteiger partial charge in [-0.1, -0.05) is 33.8 Å². The van der Waals surface area contributed by atoms with E-state index in [0.29, 0.717) is 5.92 Å². The van der Waals surface area contributed by atoms with Crippen LogP contribution in [0.1, 0.15) is 57.1 Å². The van der Waals surface area contributed by atoms with Gasteiger partial charge in [0.1, 0.15) is 0 Å². The largest absolute Gasteiger partial charge is 0.257 e. The second-order valence-electron chi connectivity index (χ2n) is 5.75. The van der Waals surface area contributed by atoms with Crippen LogP contribution in [0.3, 0.4) is 0 Å². The van der Waals surface area contributed by atoms with Crippen molar-refractivity contribution >= 4 is 5.57 Å². The van der Waals surface area contributed by atoms with Gasteiger partial charge in [0.25, 0.3) is 0 Å². The summed E-state index contributed by atoms with van der Waals surface area (Å²) >= 11 is 0. The summed E-state index contributed by atoms with van der Waals surface area (Å²) in [4.78, 5) is 9.24. The lowest BCUT2D eigenvalue weighted by molar-refractivity contribution is 0.551. The summed E-state index contributed by atoms with van der Waals surface area (Å²) in [6.45, 7) is 10.9. The van der Waals surface area contributed by atoms with E-state index in [4.69, 9.17) is 0 Å². The van der Waals surface area contributed by atoms with Crippen molar-refractivity contribution in [2.24, 2.45) is 5.41 Å². The Morgan fingerprint density at radius 1 is 1.31 bits per heavy atom. The van der Waals surface area contributed by atoms with Gasteiger partial charge in [0.2, 0.25) is 0 Å². The molecule has 0 amide bonds. The molecule has 1 aromatic rings. The molecule has 1 aliphatic carbocycles. The summed E-state index contributed by atoms with van der Waals surface area (Å²) in [6, 6.07) is 0. The standard InChI is InChI=1S/C14H20N2/c1-9-6-7-11(14(3,4)5)13-12(9)15-8-10(2)16-13/h7-9H,6H2,1-5H3. The Morgan fingerprint density at radius 3 is 2.62 bits per heavy atom. The van der Waals surface area contributed by atoms with E-state index >= 15 is 0 Å². The third-order valence-electron chi connectivity index (χ3n) is 3.13. The second kappa shape index (κ2) is 3.69. The van der Waals surface area contributed by atoms with Crippen LogP contribution in [0.2, 0.25) is 0 Å². The van der Waals surface area contributed by atoms with Gasteiger partial charge in [0.05, 0.1) is 17.1 Å². The molecule has 16 heavy (non-hydrogen) atoms. The lowest BCUT2D eigenvalue weighted by atomic mass is 9.78. The smallest absolute Gasteiger partial charge is 0.0885 e. The third kappa shape index (κ3) is 1.89. The highest BCUT2D eigenvalue weighted by molar-refractivity contribution is 5.70. The average Bonchev–Trinajstić information content (AvgIpc) is 2.15. The van der Waals surface area contributed by atoms with Crippen molar-refractivity contribution in [1.82, 2.24) is 9.97 Å². The number of allylic oxidation sites excluding steroid dienone is 2. The lowest BCUT2D eigenvalue weighted by Crippen LogP contribution is -2.17. The number of aromatic nitrogens is 2. The van der Waals surface area contributed by atoms with Gasteiger partial charge >= 0.3 is 0 Å². The molecule has 86 valence electrons. The van der Waals surface area contributed by atoms with Crippen molar-refractivity contribution in [3.05, 3.63) is 29.4 Å². The van der Waals surface area contributed by atoms with E-state index in [2.05, 4.69) is 43.7 Å². The molecule has 2 rings (SSSR count). The molecule has 2 nitrogen and oxygen atoms in total. The van der Waals surface area contributed by atoms with Crippen molar-refractivity contribution in [2.45, 2.75) is 47.0 Å². The highest BCUT2D eigenvalue weighted by Gasteiger charge is 2.28. The monoisotopic (exact) mass is 216 g/mol. The zero-order valence-electron chi connectivity index (χ0n) is 10.8. The van der Waals surface area contributed by atoms with Gasteiger partial charge < -0.3 is 0 Å². The minimum atomic E-state index is 0.150. The SMILES string of the molecule is Cc1cnc2c(n1)C(C(C)(C)C)=CCC2C. The van der Waals surface area contributed by atoms with Gasteiger partial charge in [-0.2, -0.15) is 0 Å². The van der Waals surface area contributed by atoms with Crippen LogP contribution in [0, 0.1) is 12.3 Å². The lowest BCUT2D eigenvalue weighted by Gasteiger charge is -2.29. The zero-order valence-corrected chi connectivity index (χ0v) is 10.8. The van der Waals surface area contributed by atoms with E-state index in [9.17, 15) is 0 Å². The van der Waals surface area contributed by atoms with Crippen LogP contribution in [0.5, 0.6) is 0 Å². The maximum absolute atomic E-state index is 4.68. The molecule has 0 fully saturated rings. The normalized spacial score (nSPS) is 20.3. The number of fused-ring (bicyclic) bond motifs is 1. The minimum absolute atomic E-state index is 0.150. The molecule has 0 aromatic carbocycles. The molecule has 0 radical (unpaired) electrons. The summed E-state index contributed by atoms with van der Waals surface area (Å²) in [7, 11) is 0. The number of hydrogen-bond donors (Lipinski definition) is 0. The van der Waals surface area contributed by atoms with Gasteiger partial charge in [-0.05, 0) is 24.3 Å². The predicted molar refractivity (Wildman–Crippen MR) is 67.2 cm³/mol. The fourth-order valence-electron chi connectivity index (χ4n) is 2.21. The van der Waals surface area contributed by atoms with Crippen LogP contribution in [0.25, 0.3) is 5.57 Å². The molecule has 1 aliphatic rings. The molecule has 2 heteroatoms. The van der Waals surface area contributed by atoms with Crippen molar-refractivity contribution in [2.75, 3.05) is 0 Å². The summed E-state index contributed by atoms with van der Waals surface area (Å²) in [6.07, 6.45) is 5.29. The maximum Gasteiger partial charge on any atom is 0.0885 e. The Hall–Kier alpha value is -1.18. The van der Waals surface area contributed by atoms with Gasteiger partial charge in [0, 0.05) is 12.1 Å². The Bertz CT molecular complexity index is 439.